The van der Waals surface area contributed by atoms with E-state index in [0.717, 1.165) is 35.8 Å². The van der Waals surface area contributed by atoms with E-state index in [0.29, 0.717) is 12.1 Å². The average Bonchev–Trinajstić information content (AvgIpc) is 2.66. The van der Waals surface area contributed by atoms with Crippen molar-refractivity contribution in [3.63, 3.8) is 0 Å². The summed E-state index contributed by atoms with van der Waals surface area (Å²) in [6, 6.07) is 18.0. The molecule has 6 heteroatoms. The van der Waals surface area contributed by atoms with Crippen LogP contribution in [0.15, 0.2) is 53.5 Å². The number of guanidine groups is 1. The van der Waals surface area contributed by atoms with Gasteiger partial charge in [0.15, 0.2) is 5.96 Å². The molecular weight excluding hydrogens is 463 g/mol. The number of benzene rings is 2. The van der Waals surface area contributed by atoms with Gasteiger partial charge in [0.05, 0.1) is 24.2 Å². The standard InChI is InChI=1S/C22H26N4O.HI/c1-4-24-21(25-15-17-11-9-16(14-23)10-12-17)26-19-13-22(2,3)27-20-8-6-5-7-18(19)20;/h5-12,19H,4,13,15H2,1-3H3,(H2,24,25,26);1H. The predicted molar refractivity (Wildman–Crippen MR) is 123 cm³/mol. The Kier molecular flexibility index (Phi) is 7.69. The number of nitriles is 1. The number of aliphatic imine (C=N–C) groups is 1. The van der Waals surface area contributed by atoms with Gasteiger partial charge in [-0.2, -0.15) is 5.26 Å². The molecule has 1 heterocycles. The van der Waals surface area contributed by atoms with Gasteiger partial charge in [0.25, 0.3) is 0 Å². The molecule has 0 aliphatic carbocycles. The maximum absolute atomic E-state index is 8.91. The maximum atomic E-state index is 8.91. The maximum Gasteiger partial charge on any atom is 0.192 e. The Morgan fingerprint density at radius 2 is 1.93 bits per heavy atom. The van der Waals surface area contributed by atoms with Crippen LogP contribution in [0.2, 0.25) is 0 Å². The van der Waals surface area contributed by atoms with Crippen molar-refractivity contribution in [2.24, 2.45) is 4.99 Å². The second kappa shape index (κ2) is 9.78. The summed E-state index contributed by atoms with van der Waals surface area (Å²) in [4.78, 5) is 4.72. The molecule has 0 spiro atoms. The molecule has 0 saturated heterocycles. The normalized spacial score (nSPS) is 17.4. The molecule has 0 radical (unpaired) electrons. The number of nitrogens with one attached hydrogen (secondary N) is 2. The zero-order chi connectivity index (χ0) is 19.3. The van der Waals surface area contributed by atoms with Gasteiger partial charge < -0.3 is 15.4 Å². The van der Waals surface area contributed by atoms with Crippen LogP contribution in [0.3, 0.4) is 0 Å². The number of hydrogen-bond acceptors (Lipinski definition) is 3. The highest BCUT2D eigenvalue weighted by molar-refractivity contribution is 14.0. The topological polar surface area (TPSA) is 69.4 Å². The van der Waals surface area contributed by atoms with Gasteiger partial charge in [-0.15, -0.1) is 24.0 Å². The third kappa shape index (κ3) is 5.61. The van der Waals surface area contributed by atoms with Gasteiger partial charge >= 0.3 is 0 Å². The Morgan fingerprint density at radius 1 is 1.21 bits per heavy atom. The molecule has 0 aromatic heterocycles. The van der Waals surface area contributed by atoms with Crippen molar-refractivity contribution in [3.05, 3.63) is 65.2 Å². The number of hydrogen-bond donors (Lipinski definition) is 2. The summed E-state index contributed by atoms with van der Waals surface area (Å²) >= 11 is 0. The highest BCUT2D eigenvalue weighted by Crippen LogP contribution is 2.39. The van der Waals surface area contributed by atoms with Crippen LogP contribution < -0.4 is 15.4 Å². The lowest BCUT2D eigenvalue weighted by Crippen LogP contribution is -2.45. The van der Waals surface area contributed by atoms with Crippen molar-refractivity contribution >= 4 is 29.9 Å². The summed E-state index contributed by atoms with van der Waals surface area (Å²) in [5.74, 6) is 1.70. The molecule has 2 aromatic carbocycles. The van der Waals surface area contributed by atoms with Crippen molar-refractivity contribution in [1.82, 2.24) is 10.6 Å². The first kappa shape index (κ1) is 22.0. The fraction of sp³-hybridized carbons (Fsp3) is 0.364. The molecule has 1 unspecified atom stereocenters. The van der Waals surface area contributed by atoms with E-state index < -0.39 is 0 Å². The Balaban J connectivity index is 0.00000280. The number of ether oxygens (including phenoxy) is 1. The third-order valence-electron chi connectivity index (χ3n) is 4.53. The smallest absolute Gasteiger partial charge is 0.192 e. The average molecular weight is 490 g/mol. The van der Waals surface area contributed by atoms with Crippen LogP contribution in [-0.4, -0.2) is 18.1 Å². The molecule has 1 aliphatic heterocycles. The molecule has 0 saturated carbocycles. The largest absolute Gasteiger partial charge is 0.487 e. The van der Waals surface area contributed by atoms with Crippen LogP contribution >= 0.6 is 24.0 Å². The number of rotatable bonds is 4. The number of fused-ring (bicyclic) bond motifs is 1. The molecule has 28 heavy (non-hydrogen) atoms. The lowest BCUT2D eigenvalue weighted by molar-refractivity contribution is 0.0694. The molecule has 5 nitrogen and oxygen atoms in total. The summed E-state index contributed by atoms with van der Waals surface area (Å²) in [7, 11) is 0. The van der Waals surface area contributed by atoms with E-state index in [1.54, 1.807) is 0 Å². The van der Waals surface area contributed by atoms with Gasteiger partial charge in [-0.05, 0) is 44.5 Å². The SMILES string of the molecule is CCNC(=NCc1ccc(C#N)cc1)NC1CC(C)(C)Oc2ccccc21.I. The monoisotopic (exact) mass is 490 g/mol. The minimum atomic E-state index is -0.240. The van der Waals surface area contributed by atoms with Crippen LogP contribution in [0.5, 0.6) is 5.75 Å². The Morgan fingerprint density at radius 3 is 2.61 bits per heavy atom. The Hall–Kier alpha value is -2.27. The molecule has 0 amide bonds. The van der Waals surface area contributed by atoms with E-state index in [9.17, 15) is 0 Å². The van der Waals surface area contributed by atoms with Crippen molar-refractivity contribution in [2.45, 2.75) is 45.4 Å². The van der Waals surface area contributed by atoms with Crippen molar-refractivity contribution in [1.29, 1.82) is 5.26 Å². The number of halogens is 1. The predicted octanol–water partition coefficient (Wildman–Crippen LogP) is 4.53. The fourth-order valence-corrected chi connectivity index (χ4v) is 3.27. The molecule has 2 N–H and O–H groups in total. The van der Waals surface area contributed by atoms with E-state index in [1.165, 1.54) is 0 Å². The van der Waals surface area contributed by atoms with Crippen molar-refractivity contribution < 1.29 is 4.74 Å². The summed E-state index contributed by atoms with van der Waals surface area (Å²) in [5.41, 5.74) is 2.64. The highest BCUT2D eigenvalue weighted by Gasteiger charge is 2.33. The lowest BCUT2D eigenvalue weighted by Gasteiger charge is -2.38. The van der Waals surface area contributed by atoms with Crippen LogP contribution in [0.1, 0.15) is 49.9 Å². The molecule has 2 aromatic rings. The summed E-state index contributed by atoms with van der Waals surface area (Å²) in [5, 5.41) is 15.8. The molecule has 0 bridgehead atoms. The molecule has 0 fully saturated rings. The van der Waals surface area contributed by atoms with Crippen molar-refractivity contribution in [2.75, 3.05) is 6.54 Å². The minimum absolute atomic E-state index is 0. The first-order valence-corrected chi connectivity index (χ1v) is 9.32. The van der Waals surface area contributed by atoms with E-state index in [2.05, 4.69) is 43.5 Å². The highest BCUT2D eigenvalue weighted by atomic mass is 127. The zero-order valence-corrected chi connectivity index (χ0v) is 18.9. The van der Waals surface area contributed by atoms with Gasteiger partial charge in [0.2, 0.25) is 0 Å². The van der Waals surface area contributed by atoms with Crippen LogP contribution in [0.4, 0.5) is 0 Å². The molecule has 3 rings (SSSR count). The van der Waals surface area contributed by atoms with Gasteiger partial charge in [-0.1, -0.05) is 30.3 Å². The molecular formula is C22H27IN4O. The third-order valence-corrected chi connectivity index (χ3v) is 4.53. The number of nitrogens with zero attached hydrogens (tertiary/aromatic N) is 2. The van der Waals surface area contributed by atoms with E-state index in [4.69, 9.17) is 15.0 Å². The van der Waals surface area contributed by atoms with Gasteiger partial charge in [-0.3, -0.25) is 0 Å². The van der Waals surface area contributed by atoms with Gasteiger partial charge in [0.1, 0.15) is 11.4 Å². The van der Waals surface area contributed by atoms with E-state index in [1.807, 2.05) is 42.5 Å². The van der Waals surface area contributed by atoms with E-state index in [-0.39, 0.29) is 35.6 Å². The Labute approximate surface area is 184 Å². The second-order valence-electron chi connectivity index (χ2n) is 7.30. The van der Waals surface area contributed by atoms with Crippen molar-refractivity contribution in [3.8, 4) is 11.8 Å². The summed E-state index contributed by atoms with van der Waals surface area (Å²) < 4.78 is 6.12. The van der Waals surface area contributed by atoms with Gasteiger partial charge in [-0.25, -0.2) is 4.99 Å². The molecule has 1 atom stereocenters. The first-order valence-electron chi connectivity index (χ1n) is 9.32. The first-order chi connectivity index (χ1) is 13.0. The molecule has 148 valence electrons. The second-order valence-corrected chi connectivity index (χ2v) is 7.30. The van der Waals surface area contributed by atoms with Gasteiger partial charge in [0, 0.05) is 18.5 Å². The van der Waals surface area contributed by atoms with E-state index >= 15 is 0 Å². The summed E-state index contributed by atoms with van der Waals surface area (Å²) in [6.07, 6.45) is 0.852. The fourth-order valence-electron chi connectivity index (χ4n) is 3.27. The number of para-hydroxylation sites is 1. The minimum Gasteiger partial charge on any atom is -0.487 e. The quantitative estimate of drug-likeness (QED) is 0.376. The lowest BCUT2D eigenvalue weighted by atomic mass is 9.90. The summed E-state index contributed by atoms with van der Waals surface area (Å²) in [6.45, 7) is 7.61. The zero-order valence-electron chi connectivity index (χ0n) is 16.5. The molecule has 1 aliphatic rings. The van der Waals surface area contributed by atoms with Crippen LogP contribution in [0, 0.1) is 11.3 Å². The van der Waals surface area contributed by atoms with Crippen LogP contribution in [-0.2, 0) is 6.54 Å². The Bertz CT molecular complexity index is 856. The van der Waals surface area contributed by atoms with Crippen LogP contribution in [0.25, 0.3) is 0 Å².